The molecule has 0 aliphatic carbocycles. The number of amides is 1. The fourth-order valence-electron chi connectivity index (χ4n) is 2.07. The van der Waals surface area contributed by atoms with Crippen LogP contribution in [-0.4, -0.2) is 19.1 Å². The lowest BCUT2D eigenvalue weighted by molar-refractivity contribution is 0.0918. The molecular formula is C18H23NO3. The van der Waals surface area contributed by atoms with Crippen molar-refractivity contribution in [2.24, 2.45) is 0 Å². The first-order chi connectivity index (χ1) is 10.4. The summed E-state index contributed by atoms with van der Waals surface area (Å²) in [6, 6.07) is 9.82. The highest BCUT2D eigenvalue weighted by Gasteiger charge is 2.13. The number of aryl methyl sites for hydroxylation is 1. The average molecular weight is 301 g/mol. The molecule has 1 aromatic heterocycles. The third kappa shape index (κ3) is 4.13. The fourth-order valence-corrected chi connectivity index (χ4v) is 2.07. The number of furan rings is 1. The molecule has 0 fully saturated rings. The van der Waals surface area contributed by atoms with Crippen LogP contribution in [0, 0.1) is 6.92 Å². The maximum Gasteiger partial charge on any atom is 0.287 e. The molecule has 1 aromatic carbocycles. The van der Waals surface area contributed by atoms with E-state index >= 15 is 0 Å². The second-order valence-corrected chi connectivity index (χ2v) is 6.31. The van der Waals surface area contributed by atoms with Gasteiger partial charge in [0.2, 0.25) is 0 Å². The quantitative estimate of drug-likeness (QED) is 0.857. The van der Waals surface area contributed by atoms with Crippen LogP contribution in [-0.2, 0) is 5.41 Å². The molecule has 2 aromatic rings. The molecule has 0 aliphatic rings. The van der Waals surface area contributed by atoms with Gasteiger partial charge in [-0.15, -0.1) is 0 Å². The zero-order valence-corrected chi connectivity index (χ0v) is 13.6. The minimum Gasteiger partial charge on any atom is -0.492 e. The molecule has 0 unspecified atom stereocenters. The first-order valence-electron chi connectivity index (χ1n) is 7.43. The Morgan fingerprint density at radius 3 is 2.41 bits per heavy atom. The number of carbonyl (C=O) groups excluding carboxylic acids is 1. The number of benzene rings is 1. The Hall–Kier alpha value is -2.23. The molecule has 1 N–H and O–H groups in total. The van der Waals surface area contributed by atoms with Crippen LogP contribution in [0.5, 0.6) is 5.75 Å². The van der Waals surface area contributed by atoms with E-state index in [-0.39, 0.29) is 11.3 Å². The molecule has 4 nitrogen and oxygen atoms in total. The molecule has 0 bridgehead atoms. The molecule has 0 saturated carbocycles. The number of nitrogens with one attached hydrogen (secondary N) is 1. The Balaban J connectivity index is 1.77. The maximum absolute atomic E-state index is 11.8. The van der Waals surface area contributed by atoms with E-state index in [9.17, 15) is 4.79 Å². The minimum absolute atomic E-state index is 0.132. The molecule has 22 heavy (non-hydrogen) atoms. The van der Waals surface area contributed by atoms with Gasteiger partial charge in [-0.2, -0.15) is 0 Å². The van der Waals surface area contributed by atoms with Crippen LogP contribution >= 0.6 is 0 Å². The standard InChI is InChI=1S/C18H23NO3/c1-13-9-11-22-16(13)17(20)19-10-12-21-15-7-5-14(6-8-15)18(2,3)4/h5-9,11H,10,12H2,1-4H3,(H,19,20). The van der Waals surface area contributed by atoms with E-state index < -0.39 is 0 Å². The Labute approximate surface area is 131 Å². The molecule has 0 aliphatic heterocycles. The van der Waals surface area contributed by atoms with Crippen molar-refractivity contribution in [3.05, 3.63) is 53.5 Å². The first kappa shape index (κ1) is 16.1. The van der Waals surface area contributed by atoms with Crippen molar-refractivity contribution >= 4 is 5.91 Å². The van der Waals surface area contributed by atoms with Crippen LogP contribution in [0.4, 0.5) is 0 Å². The predicted octanol–water partition coefficient (Wildman–Crippen LogP) is 3.69. The maximum atomic E-state index is 11.8. The van der Waals surface area contributed by atoms with E-state index in [1.54, 1.807) is 6.07 Å². The van der Waals surface area contributed by atoms with Gasteiger partial charge < -0.3 is 14.5 Å². The largest absolute Gasteiger partial charge is 0.492 e. The summed E-state index contributed by atoms with van der Waals surface area (Å²) in [7, 11) is 0. The van der Waals surface area contributed by atoms with E-state index in [0.29, 0.717) is 18.9 Å². The normalized spacial score (nSPS) is 11.3. The lowest BCUT2D eigenvalue weighted by Gasteiger charge is -2.19. The molecule has 0 atom stereocenters. The summed E-state index contributed by atoms with van der Waals surface area (Å²) < 4.78 is 10.8. The summed E-state index contributed by atoms with van der Waals surface area (Å²) in [5.74, 6) is 0.945. The van der Waals surface area contributed by atoms with Gasteiger partial charge in [0.15, 0.2) is 5.76 Å². The SMILES string of the molecule is Cc1ccoc1C(=O)NCCOc1ccc(C(C)(C)C)cc1. The van der Waals surface area contributed by atoms with Crippen molar-refractivity contribution < 1.29 is 13.9 Å². The zero-order chi connectivity index (χ0) is 16.2. The van der Waals surface area contributed by atoms with Crippen molar-refractivity contribution in [2.45, 2.75) is 33.1 Å². The number of ether oxygens (including phenoxy) is 1. The first-order valence-corrected chi connectivity index (χ1v) is 7.43. The van der Waals surface area contributed by atoms with E-state index in [1.165, 1.54) is 11.8 Å². The van der Waals surface area contributed by atoms with Crippen molar-refractivity contribution in [1.29, 1.82) is 0 Å². The summed E-state index contributed by atoms with van der Waals surface area (Å²) in [5, 5.41) is 2.77. The molecule has 0 radical (unpaired) electrons. The van der Waals surface area contributed by atoms with Crippen LogP contribution in [0.15, 0.2) is 41.0 Å². The molecular weight excluding hydrogens is 278 g/mol. The lowest BCUT2D eigenvalue weighted by atomic mass is 9.87. The Bertz CT molecular complexity index is 621. The lowest BCUT2D eigenvalue weighted by Crippen LogP contribution is -2.28. The topological polar surface area (TPSA) is 51.5 Å². The number of rotatable bonds is 5. The van der Waals surface area contributed by atoms with Gasteiger partial charge in [-0.3, -0.25) is 4.79 Å². The van der Waals surface area contributed by atoms with Gasteiger partial charge in [0, 0.05) is 5.56 Å². The molecule has 2 rings (SSSR count). The average Bonchev–Trinajstić information content (AvgIpc) is 2.89. The molecule has 4 heteroatoms. The van der Waals surface area contributed by atoms with Gasteiger partial charge in [-0.25, -0.2) is 0 Å². The van der Waals surface area contributed by atoms with E-state index in [4.69, 9.17) is 9.15 Å². The van der Waals surface area contributed by atoms with Crippen molar-refractivity contribution in [3.63, 3.8) is 0 Å². The summed E-state index contributed by atoms with van der Waals surface area (Å²) in [5.41, 5.74) is 2.23. The summed E-state index contributed by atoms with van der Waals surface area (Å²) >= 11 is 0. The summed E-state index contributed by atoms with van der Waals surface area (Å²) in [4.78, 5) is 11.8. The third-order valence-electron chi connectivity index (χ3n) is 3.45. The highest BCUT2D eigenvalue weighted by atomic mass is 16.5. The number of carbonyl (C=O) groups is 1. The molecule has 1 heterocycles. The van der Waals surface area contributed by atoms with Crippen LogP contribution in [0.25, 0.3) is 0 Å². The van der Waals surface area contributed by atoms with Crippen LogP contribution in [0.2, 0.25) is 0 Å². The fraction of sp³-hybridized carbons (Fsp3) is 0.389. The summed E-state index contributed by atoms with van der Waals surface area (Å²) in [6.45, 7) is 9.21. The zero-order valence-electron chi connectivity index (χ0n) is 13.6. The van der Waals surface area contributed by atoms with Gasteiger partial charge in [-0.05, 0) is 36.1 Å². The van der Waals surface area contributed by atoms with Crippen molar-refractivity contribution in [1.82, 2.24) is 5.32 Å². The number of hydrogen-bond acceptors (Lipinski definition) is 3. The second-order valence-electron chi connectivity index (χ2n) is 6.31. The van der Waals surface area contributed by atoms with E-state index in [1.807, 2.05) is 19.1 Å². The number of hydrogen-bond donors (Lipinski definition) is 1. The molecule has 118 valence electrons. The second kappa shape index (κ2) is 6.69. The third-order valence-corrected chi connectivity index (χ3v) is 3.45. The van der Waals surface area contributed by atoms with Crippen molar-refractivity contribution in [2.75, 3.05) is 13.2 Å². The Morgan fingerprint density at radius 1 is 1.18 bits per heavy atom. The summed E-state index contributed by atoms with van der Waals surface area (Å²) in [6.07, 6.45) is 1.51. The molecule has 0 saturated heterocycles. The Morgan fingerprint density at radius 2 is 1.86 bits per heavy atom. The highest BCUT2D eigenvalue weighted by molar-refractivity contribution is 5.92. The smallest absolute Gasteiger partial charge is 0.287 e. The van der Waals surface area contributed by atoms with Gasteiger partial charge in [-0.1, -0.05) is 32.9 Å². The molecule has 1 amide bonds. The van der Waals surface area contributed by atoms with E-state index in [2.05, 4.69) is 38.2 Å². The van der Waals surface area contributed by atoms with E-state index in [0.717, 1.165) is 11.3 Å². The monoisotopic (exact) mass is 301 g/mol. The van der Waals surface area contributed by atoms with Crippen LogP contribution < -0.4 is 10.1 Å². The van der Waals surface area contributed by atoms with Gasteiger partial charge in [0.25, 0.3) is 5.91 Å². The highest BCUT2D eigenvalue weighted by Crippen LogP contribution is 2.24. The minimum atomic E-state index is -0.214. The van der Waals surface area contributed by atoms with Crippen LogP contribution in [0.3, 0.4) is 0 Å². The van der Waals surface area contributed by atoms with Gasteiger partial charge >= 0.3 is 0 Å². The molecule has 0 spiro atoms. The van der Waals surface area contributed by atoms with Crippen LogP contribution in [0.1, 0.15) is 42.5 Å². The van der Waals surface area contributed by atoms with Gasteiger partial charge in [0.1, 0.15) is 12.4 Å². The predicted molar refractivity (Wildman–Crippen MR) is 86.4 cm³/mol. The van der Waals surface area contributed by atoms with Gasteiger partial charge in [0.05, 0.1) is 12.8 Å². The van der Waals surface area contributed by atoms with Crippen molar-refractivity contribution in [3.8, 4) is 5.75 Å². The Kier molecular flexibility index (Phi) is 4.91.